The van der Waals surface area contributed by atoms with E-state index in [1.165, 1.54) is 35.6 Å². The van der Waals surface area contributed by atoms with E-state index in [-0.39, 0.29) is 11.5 Å². The number of anilines is 1. The molecule has 0 saturated carbocycles. The second-order valence-electron chi connectivity index (χ2n) is 4.54. The van der Waals surface area contributed by atoms with Crippen molar-refractivity contribution in [2.75, 3.05) is 5.73 Å². The summed E-state index contributed by atoms with van der Waals surface area (Å²) in [4.78, 5) is 15.3. The van der Waals surface area contributed by atoms with Gasteiger partial charge in [0.15, 0.2) is 5.13 Å². The van der Waals surface area contributed by atoms with Gasteiger partial charge in [-0.05, 0) is 42.0 Å². The molecule has 0 aliphatic heterocycles. The molecular weight excluding hydrogens is 305 g/mol. The van der Waals surface area contributed by atoms with Gasteiger partial charge in [-0.1, -0.05) is 11.3 Å². The molecule has 0 amide bonds. The topological polar surface area (TPSA) is 82.0 Å². The number of nitrogens with zero attached hydrogens (tertiary/aromatic N) is 2. The number of rotatable bonds is 3. The minimum absolute atomic E-state index is 0.0181. The second kappa shape index (κ2) is 5.53. The normalized spacial score (nSPS) is 10.6. The van der Waals surface area contributed by atoms with Gasteiger partial charge in [0.1, 0.15) is 5.82 Å². The van der Waals surface area contributed by atoms with E-state index in [1.54, 1.807) is 24.3 Å². The Morgan fingerprint density at radius 1 is 1.05 bits per heavy atom. The van der Waals surface area contributed by atoms with Crippen LogP contribution in [0.3, 0.4) is 0 Å². The molecular formula is C15H10FN3O2S. The van der Waals surface area contributed by atoms with Gasteiger partial charge in [-0.2, -0.15) is 0 Å². The summed E-state index contributed by atoms with van der Waals surface area (Å²) >= 11 is 1.28. The Morgan fingerprint density at radius 3 is 2.23 bits per heavy atom. The van der Waals surface area contributed by atoms with Crippen molar-refractivity contribution in [1.29, 1.82) is 0 Å². The predicted octanol–water partition coefficient (Wildman–Crippen LogP) is 4.11. The fraction of sp³-hybridized carbons (Fsp3) is 0. The zero-order chi connectivity index (χ0) is 15.7. The lowest BCUT2D eigenvalue weighted by atomic mass is 10.1. The van der Waals surface area contributed by atoms with Crippen LogP contribution in [0.2, 0.25) is 0 Å². The Kier molecular flexibility index (Phi) is 3.56. The Balaban J connectivity index is 2.07. The van der Waals surface area contributed by atoms with Gasteiger partial charge in [0, 0.05) is 17.7 Å². The lowest BCUT2D eigenvalue weighted by Crippen LogP contribution is -1.87. The second-order valence-corrected chi connectivity index (χ2v) is 5.57. The van der Waals surface area contributed by atoms with Crippen molar-refractivity contribution in [3.63, 3.8) is 0 Å². The molecule has 3 aromatic rings. The first-order chi connectivity index (χ1) is 10.5. The van der Waals surface area contributed by atoms with Crippen molar-refractivity contribution < 1.29 is 9.31 Å². The monoisotopic (exact) mass is 315 g/mol. The highest BCUT2D eigenvalue weighted by molar-refractivity contribution is 7.19. The zero-order valence-electron chi connectivity index (χ0n) is 11.2. The molecule has 0 radical (unpaired) electrons. The fourth-order valence-electron chi connectivity index (χ4n) is 2.07. The molecule has 0 aliphatic rings. The molecule has 110 valence electrons. The predicted molar refractivity (Wildman–Crippen MR) is 84.0 cm³/mol. The maximum Gasteiger partial charge on any atom is 0.269 e. The van der Waals surface area contributed by atoms with E-state index in [9.17, 15) is 14.5 Å². The van der Waals surface area contributed by atoms with Crippen molar-refractivity contribution in [2.24, 2.45) is 0 Å². The van der Waals surface area contributed by atoms with Crippen LogP contribution in [0.5, 0.6) is 0 Å². The zero-order valence-corrected chi connectivity index (χ0v) is 12.0. The Bertz CT molecular complexity index is 829. The number of nitrogen functional groups attached to an aromatic ring is 1. The van der Waals surface area contributed by atoms with Gasteiger partial charge >= 0.3 is 0 Å². The molecule has 0 bridgehead atoms. The van der Waals surface area contributed by atoms with Gasteiger partial charge < -0.3 is 5.73 Å². The van der Waals surface area contributed by atoms with Gasteiger partial charge in [0.25, 0.3) is 5.69 Å². The van der Waals surface area contributed by atoms with Gasteiger partial charge in [-0.25, -0.2) is 9.37 Å². The molecule has 7 heteroatoms. The van der Waals surface area contributed by atoms with Gasteiger partial charge in [-0.15, -0.1) is 0 Å². The summed E-state index contributed by atoms with van der Waals surface area (Å²) in [5.41, 5.74) is 7.96. The molecule has 1 aromatic heterocycles. The number of aromatic nitrogens is 1. The van der Waals surface area contributed by atoms with Crippen molar-refractivity contribution in [3.05, 3.63) is 64.5 Å². The summed E-state index contributed by atoms with van der Waals surface area (Å²) in [6, 6.07) is 12.1. The van der Waals surface area contributed by atoms with Crippen LogP contribution >= 0.6 is 11.3 Å². The average molecular weight is 315 g/mol. The quantitative estimate of drug-likeness (QED) is 0.582. The van der Waals surface area contributed by atoms with E-state index in [4.69, 9.17) is 5.73 Å². The molecule has 1 heterocycles. The van der Waals surface area contributed by atoms with E-state index in [1.807, 2.05) is 0 Å². The minimum Gasteiger partial charge on any atom is -0.375 e. The van der Waals surface area contributed by atoms with E-state index >= 15 is 0 Å². The summed E-state index contributed by atoms with van der Waals surface area (Å²) in [5.74, 6) is -0.330. The Labute approximate surface area is 129 Å². The van der Waals surface area contributed by atoms with Crippen LogP contribution in [0.15, 0.2) is 48.5 Å². The van der Waals surface area contributed by atoms with Crippen LogP contribution in [0.4, 0.5) is 15.2 Å². The SMILES string of the molecule is Nc1nc(-c2ccc(F)cc2)c(-c2ccc([N+](=O)[O-])cc2)s1. The van der Waals surface area contributed by atoms with Crippen LogP contribution in [0.25, 0.3) is 21.7 Å². The van der Waals surface area contributed by atoms with Crippen LogP contribution in [0.1, 0.15) is 0 Å². The average Bonchev–Trinajstić information content (AvgIpc) is 2.90. The lowest BCUT2D eigenvalue weighted by molar-refractivity contribution is -0.384. The number of nitro benzene ring substituents is 1. The maximum absolute atomic E-state index is 13.0. The van der Waals surface area contributed by atoms with E-state index < -0.39 is 4.92 Å². The molecule has 0 spiro atoms. The molecule has 2 aromatic carbocycles. The van der Waals surface area contributed by atoms with Gasteiger partial charge in [-0.3, -0.25) is 10.1 Å². The summed E-state index contributed by atoms with van der Waals surface area (Å²) in [5, 5.41) is 11.1. The first-order valence-corrected chi connectivity index (χ1v) is 7.13. The third-order valence-electron chi connectivity index (χ3n) is 3.10. The van der Waals surface area contributed by atoms with Gasteiger partial charge in [0.05, 0.1) is 15.5 Å². The van der Waals surface area contributed by atoms with Gasteiger partial charge in [0.2, 0.25) is 0 Å². The molecule has 3 rings (SSSR count). The van der Waals surface area contributed by atoms with E-state index in [0.717, 1.165) is 16.0 Å². The number of nitrogens with two attached hydrogens (primary N) is 1. The third-order valence-corrected chi connectivity index (χ3v) is 4.04. The van der Waals surface area contributed by atoms with Crippen LogP contribution < -0.4 is 5.73 Å². The number of halogens is 1. The Hall–Kier alpha value is -2.80. The molecule has 22 heavy (non-hydrogen) atoms. The smallest absolute Gasteiger partial charge is 0.269 e. The minimum atomic E-state index is -0.453. The molecule has 0 aliphatic carbocycles. The largest absolute Gasteiger partial charge is 0.375 e. The highest BCUT2D eigenvalue weighted by Crippen LogP contribution is 2.38. The number of hydrogen-bond acceptors (Lipinski definition) is 5. The maximum atomic E-state index is 13.0. The number of thiazole rings is 1. The fourth-order valence-corrected chi connectivity index (χ4v) is 2.93. The number of hydrogen-bond donors (Lipinski definition) is 1. The molecule has 5 nitrogen and oxygen atoms in total. The molecule has 0 fully saturated rings. The number of nitro groups is 1. The molecule has 0 saturated heterocycles. The van der Waals surface area contributed by atoms with Crippen LogP contribution in [-0.4, -0.2) is 9.91 Å². The standard InChI is InChI=1S/C15H10FN3O2S/c16-11-5-1-9(2-6-11)13-14(22-15(17)18-13)10-3-7-12(8-4-10)19(20)21/h1-8H,(H2,17,18). The van der Waals surface area contributed by atoms with Crippen LogP contribution in [0, 0.1) is 15.9 Å². The summed E-state index contributed by atoms with van der Waals surface area (Å²) in [6.07, 6.45) is 0. The third kappa shape index (κ3) is 2.66. The molecule has 2 N–H and O–H groups in total. The van der Waals surface area contributed by atoms with E-state index in [2.05, 4.69) is 4.98 Å². The van der Waals surface area contributed by atoms with Crippen molar-refractivity contribution >= 4 is 22.2 Å². The number of benzene rings is 2. The van der Waals surface area contributed by atoms with Crippen molar-refractivity contribution in [1.82, 2.24) is 4.98 Å². The summed E-state index contributed by atoms with van der Waals surface area (Å²) < 4.78 is 13.0. The van der Waals surface area contributed by atoms with Crippen molar-refractivity contribution in [2.45, 2.75) is 0 Å². The lowest BCUT2D eigenvalue weighted by Gasteiger charge is -2.03. The van der Waals surface area contributed by atoms with Crippen molar-refractivity contribution in [3.8, 4) is 21.7 Å². The summed E-state index contributed by atoms with van der Waals surface area (Å²) in [6.45, 7) is 0. The van der Waals surface area contributed by atoms with Crippen LogP contribution in [-0.2, 0) is 0 Å². The highest BCUT2D eigenvalue weighted by atomic mass is 32.1. The molecule has 0 atom stereocenters. The summed E-state index contributed by atoms with van der Waals surface area (Å²) in [7, 11) is 0. The number of non-ortho nitro benzene ring substituents is 1. The Morgan fingerprint density at radius 2 is 1.64 bits per heavy atom. The van der Waals surface area contributed by atoms with E-state index in [0.29, 0.717) is 10.8 Å². The first-order valence-electron chi connectivity index (χ1n) is 6.31. The first kappa shape index (κ1) is 14.2. The molecule has 0 unspecified atom stereocenters. The highest BCUT2D eigenvalue weighted by Gasteiger charge is 2.15.